The molecule has 1 N–H and O–H groups in total. The van der Waals surface area contributed by atoms with E-state index in [2.05, 4.69) is 34.4 Å². The van der Waals surface area contributed by atoms with Crippen LogP contribution in [0.2, 0.25) is 0 Å². The highest BCUT2D eigenvalue weighted by molar-refractivity contribution is 5.80. The summed E-state index contributed by atoms with van der Waals surface area (Å²) < 4.78 is 36.4. The van der Waals surface area contributed by atoms with Gasteiger partial charge in [0, 0.05) is 61.8 Å². The number of pyridine rings is 1. The molecule has 4 aliphatic rings. The molecule has 42 heavy (non-hydrogen) atoms. The number of nitrogens with zero attached hydrogens (tertiary/aromatic N) is 4. The van der Waals surface area contributed by atoms with Gasteiger partial charge in [0.05, 0.1) is 28.6 Å². The molecule has 0 spiro atoms. The monoisotopic (exact) mass is 574 g/mol. The predicted molar refractivity (Wildman–Crippen MR) is 154 cm³/mol. The van der Waals surface area contributed by atoms with Crippen LogP contribution in [0, 0.1) is 24.2 Å². The van der Waals surface area contributed by atoms with E-state index in [4.69, 9.17) is 9.72 Å². The van der Waals surface area contributed by atoms with Crippen molar-refractivity contribution in [3.05, 3.63) is 76.5 Å². The number of hydrogen-bond donors (Lipinski definition) is 1. The van der Waals surface area contributed by atoms with E-state index in [1.54, 1.807) is 0 Å². The lowest BCUT2D eigenvalue weighted by atomic mass is 9.58. The van der Waals surface area contributed by atoms with Gasteiger partial charge in [-0.3, -0.25) is 9.78 Å². The average molecular weight is 575 g/mol. The number of aryl methyl sites for hydroxylation is 1. The predicted octanol–water partition coefficient (Wildman–Crippen LogP) is 6.48. The number of ether oxygens (including phenoxy) is 1. The molecule has 1 fully saturated rings. The second kappa shape index (κ2) is 9.64. The van der Waals surface area contributed by atoms with E-state index in [0.29, 0.717) is 44.8 Å². The van der Waals surface area contributed by atoms with Gasteiger partial charge in [0.2, 0.25) is 0 Å². The van der Waals surface area contributed by atoms with Crippen LogP contribution in [-0.4, -0.2) is 49.5 Å². The molecule has 7 rings (SSSR count). The summed E-state index contributed by atoms with van der Waals surface area (Å²) in [6.07, 6.45) is 5.04. The number of imidazole rings is 1. The normalized spacial score (nSPS) is 28.3. The van der Waals surface area contributed by atoms with Gasteiger partial charge in [-0.15, -0.1) is 0 Å². The molecule has 4 atom stereocenters. The summed E-state index contributed by atoms with van der Waals surface area (Å²) >= 11 is 0. The summed E-state index contributed by atoms with van der Waals surface area (Å²) in [5, 5.41) is 10.4. The minimum absolute atomic E-state index is 0.0587. The van der Waals surface area contributed by atoms with Crippen molar-refractivity contribution in [2.45, 2.75) is 71.4 Å². The lowest BCUT2D eigenvalue weighted by Gasteiger charge is -2.51. The number of aromatic nitrogens is 3. The van der Waals surface area contributed by atoms with Crippen LogP contribution in [0.25, 0.3) is 11.0 Å². The number of likely N-dealkylation sites (tertiary alicyclic amines) is 1. The highest BCUT2D eigenvalue weighted by Gasteiger charge is 2.53. The molecule has 3 aromatic rings. The molecular formula is C33H36F2N4O3. The maximum atomic E-state index is 14.1. The number of allylic oxidation sites excluding steroid dienone is 3. The average Bonchev–Trinajstić information content (AvgIpc) is 3.32. The smallest absolute Gasteiger partial charge is 0.307 e. The highest BCUT2D eigenvalue weighted by atomic mass is 19.3. The van der Waals surface area contributed by atoms with Crippen LogP contribution >= 0.6 is 0 Å². The van der Waals surface area contributed by atoms with E-state index in [1.807, 2.05) is 43.5 Å². The molecule has 2 aromatic heterocycles. The fourth-order valence-corrected chi connectivity index (χ4v) is 7.74. The van der Waals surface area contributed by atoms with Crippen LogP contribution in [-0.2, 0) is 17.9 Å². The van der Waals surface area contributed by atoms with Crippen molar-refractivity contribution in [3.8, 4) is 5.75 Å². The summed E-state index contributed by atoms with van der Waals surface area (Å²) in [4.78, 5) is 24.2. The van der Waals surface area contributed by atoms with Gasteiger partial charge in [0.15, 0.2) is 0 Å². The van der Waals surface area contributed by atoms with Crippen molar-refractivity contribution >= 4 is 17.0 Å². The van der Waals surface area contributed by atoms with Gasteiger partial charge in [0.25, 0.3) is 5.92 Å². The number of carbonyl (C=O) groups is 1. The van der Waals surface area contributed by atoms with Gasteiger partial charge in [0.1, 0.15) is 18.2 Å². The molecule has 2 aliphatic heterocycles. The Morgan fingerprint density at radius 2 is 1.98 bits per heavy atom. The lowest BCUT2D eigenvalue weighted by Crippen LogP contribution is -2.47. The minimum atomic E-state index is -2.61. The van der Waals surface area contributed by atoms with E-state index >= 15 is 0 Å². The maximum Gasteiger partial charge on any atom is 0.307 e. The van der Waals surface area contributed by atoms with E-state index < -0.39 is 23.2 Å². The number of alkyl halides is 2. The summed E-state index contributed by atoms with van der Waals surface area (Å²) in [7, 11) is 0. The third kappa shape index (κ3) is 4.39. The van der Waals surface area contributed by atoms with Crippen molar-refractivity contribution in [3.63, 3.8) is 0 Å². The number of halogens is 2. The first kappa shape index (κ1) is 27.1. The number of benzene rings is 1. The van der Waals surface area contributed by atoms with Crippen LogP contribution in [0.5, 0.6) is 5.75 Å². The molecule has 0 bridgehead atoms. The van der Waals surface area contributed by atoms with Crippen molar-refractivity contribution in [2.75, 3.05) is 13.1 Å². The Kier molecular flexibility index (Phi) is 6.22. The lowest BCUT2D eigenvalue weighted by molar-refractivity contribution is -0.143. The molecule has 2 unspecified atom stereocenters. The minimum Gasteiger partial charge on any atom is -0.487 e. The first-order valence-electron chi connectivity index (χ1n) is 14.9. The van der Waals surface area contributed by atoms with Crippen LogP contribution in [0.4, 0.5) is 8.78 Å². The van der Waals surface area contributed by atoms with E-state index in [-0.39, 0.29) is 24.7 Å². The molecule has 0 radical (unpaired) electrons. The van der Waals surface area contributed by atoms with Crippen LogP contribution in [0.1, 0.15) is 62.5 Å². The molecule has 0 saturated carbocycles. The molecule has 9 heteroatoms. The zero-order valence-electron chi connectivity index (χ0n) is 24.2. The zero-order valence-corrected chi connectivity index (χ0v) is 24.2. The largest absolute Gasteiger partial charge is 0.487 e. The van der Waals surface area contributed by atoms with E-state index in [9.17, 15) is 18.7 Å². The van der Waals surface area contributed by atoms with E-state index in [0.717, 1.165) is 33.8 Å². The molecule has 220 valence electrons. The number of hydrogen-bond acceptors (Lipinski definition) is 5. The van der Waals surface area contributed by atoms with Crippen molar-refractivity contribution in [2.24, 2.45) is 17.3 Å². The molecule has 2 aliphatic carbocycles. The molecule has 0 amide bonds. The Hall–Kier alpha value is -3.75. The quantitative estimate of drug-likeness (QED) is 0.352. The second-order valence-electron chi connectivity index (χ2n) is 12.8. The number of carboxylic acid groups (broad SMARTS) is 1. The Morgan fingerprint density at radius 1 is 1.19 bits per heavy atom. The molecule has 1 aromatic carbocycles. The Bertz CT molecular complexity index is 1630. The molecule has 7 nitrogen and oxygen atoms in total. The van der Waals surface area contributed by atoms with Crippen LogP contribution in [0.15, 0.2) is 59.4 Å². The fourth-order valence-electron chi connectivity index (χ4n) is 7.74. The molecule has 1 saturated heterocycles. The third-order valence-corrected chi connectivity index (χ3v) is 9.88. The summed E-state index contributed by atoms with van der Waals surface area (Å²) in [6, 6.07) is 9.79. The first-order chi connectivity index (χ1) is 20.0. The van der Waals surface area contributed by atoms with Gasteiger partial charge in [-0.25, -0.2) is 13.8 Å². The number of fused-ring (bicyclic) bond motifs is 4. The van der Waals surface area contributed by atoms with Gasteiger partial charge >= 0.3 is 5.97 Å². The zero-order chi connectivity index (χ0) is 29.4. The van der Waals surface area contributed by atoms with Gasteiger partial charge < -0.3 is 19.3 Å². The summed E-state index contributed by atoms with van der Waals surface area (Å²) in [5.41, 5.74) is 6.71. The summed E-state index contributed by atoms with van der Waals surface area (Å²) in [5.74, 6) is -2.78. The Morgan fingerprint density at radius 3 is 2.69 bits per heavy atom. The van der Waals surface area contributed by atoms with Crippen molar-refractivity contribution in [1.82, 2.24) is 19.4 Å². The number of aliphatic carboxylic acids is 1. The number of piperidine rings is 1. The molecular weight excluding hydrogens is 538 g/mol. The number of rotatable bonds is 5. The van der Waals surface area contributed by atoms with Crippen LogP contribution < -0.4 is 4.74 Å². The highest BCUT2D eigenvalue weighted by Crippen LogP contribution is 2.59. The number of carboxylic acids is 1. The van der Waals surface area contributed by atoms with Gasteiger partial charge in [-0.2, -0.15) is 0 Å². The Labute approximate surface area is 243 Å². The van der Waals surface area contributed by atoms with Crippen LogP contribution in [0.3, 0.4) is 0 Å². The first-order valence-corrected chi connectivity index (χ1v) is 14.9. The topological polar surface area (TPSA) is 80.5 Å². The second-order valence-corrected chi connectivity index (χ2v) is 12.8. The van der Waals surface area contributed by atoms with Crippen molar-refractivity contribution < 1.29 is 23.4 Å². The maximum absolute atomic E-state index is 14.1. The molecule has 4 heterocycles. The fraction of sp³-hybridized carbons (Fsp3) is 0.485. The van der Waals surface area contributed by atoms with Gasteiger partial charge in [-0.1, -0.05) is 31.6 Å². The van der Waals surface area contributed by atoms with Gasteiger partial charge in [-0.05, 0) is 49.1 Å². The Balaban J connectivity index is 1.30. The van der Waals surface area contributed by atoms with E-state index in [1.165, 1.54) is 11.1 Å². The van der Waals surface area contributed by atoms with Crippen molar-refractivity contribution in [1.29, 1.82) is 0 Å². The SMILES string of the molecule is Cc1ccc(COc2ccc3nc4n(c3c2)CC2(C)C=C(N3CCC(F)(F)CC3)C(C)C3=C2[C@H]4[C@H](C(=O)O)CC3)nc1. The summed E-state index contributed by atoms with van der Waals surface area (Å²) in [6.45, 7) is 7.94. The third-order valence-electron chi connectivity index (χ3n) is 9.88. The standard InChI is InChI=1S/C33H36F2N4O3/c1-19-4-5-21(36-16-19)17-42-22-6-9-25-26(14-22)39-18-32(3)15-27(38-12-10-33(34,35)11-13-38)20(2)23-7-8-24(31(40)41)28(29(23)32)30(39)37-25/h4-6,9,14-16,20,24,28H,7-8,10-13,17-18H2,1-3H3,(H,40,41)/t20?,24-,28-,32?/m1/s1.